The molecule has 1 aromatic rings. The van der Waals surface area contributed by atoms with E-state index in [0.29, 0.717) is 16.7 Å². The predicted octanol–water partition coefficient (Wildman–Crippen LogP) is 1.76. The lowest BCUT2D eigenvalue weighted by Gasteiger charge is -2.21. The second-order valence-corrected chi connectivity index (χ2v) is 5.33. The van der Waals surface area contributed by atoms with E-state index < -0.39 is 17.9 Å². The molecule has 2 atom stereocenters. The van der Waals surface area contributed by atoms with E-state index in [9.17, 15) is 19.1 Å². The van der Waals surface area contributed by atoms with Crippen LogP contribution in [0.1, 0.15) is 27.9 Å². The van der Waals surface area contributed by atoms with Crippen LogP contribution < -0.4 is 0 Å². The molecule has 1 aromatic carbocycles. The summed E-state index contributed by atoms with van der Waals surface area (Å²) in [5, 5.41) is 9.24. The number of hydrogen-bond donors (Lipinski definition) is 1. The highest BCUT2D eigenvalue weighted by atomic mass is 19.1. The maximum absolute atomic E-state index is 13.6. The van der Waals surface area contributed by atoms with Gasteiger partial charge in [0.1, 0.15) is 11.9 Å². The molecule has 1 aliphatic rings. The molecule has 2 unspecified atom stereocenters. The lowest BCUT2D eigenvalue weighted by atomic mass is 10.1. The fourth-order valence-electron chi connectivity index (χ4n) is 2.66. The number of rotatable bonds is 3. The van der Waals surface area contributed by atoms with Gasteiger partial charge in [-0.1, -0.05) is 0 Å². The lowest BCUT2D eigenvalue weighted by molar-refractivity contribution is -0.141. The van der Waals surface area contributed by atoms with Gasteiger partial charge in [-0.3, -0.25) is 4.79 Å². The van der Waals surface area contributed by atoms with Crippen LogP contribution in [0, 0.1) is 19.7 Å². The zero-order valence-corrected chi connectivity index (χ0v) is 12.2. The van der Waals surface area contributed by atoms with Gasteiger partial charge in [0.15, 0.2) is 0 Å². The third kappa shape index (κ3) is 2.90. The van der Waals surface area contributed by atoms with E-state index in [1.807, 2.05) is 0 Å². The van der Waals surface area contributed by atoms with Crippen molar-refractivity contribution in [3.05, 3.63) is 34.6 Å². The van der Waals surface area contributed by atoms with E-state index in [0.717, 1.165) is 0 Å². The number of carboxylic acids is 1. The minimum absolute atomic E-state index is 0.224. The first-order valence-electron chi connectivity index (χ1n) is 6.68. The highest BCUT2D eigenvalue weighted by Gasteiger charge is 2.40. The molecular formula is C15H18FNO4. The Kier molecular flexibility index (Phi) is 4.27. The number of nitrogens with zero attached hydrogens (tertiary/aromatic N) is 1. The first-order chi connectivity index (χ1) is 9.85. The first-order valence-corrected chi connectivity index (χ1v) is 6.68. The van der Waals surface area contributed by atoms with Crippen LogP contribution in [0.25, 0.3) is 0 Å². The first kappa shape index (κ1) is 15.4. The van der Waals surface area contributed by atoms with Crippen molar-refractivity contribution in [1.82, 2.24) is 4.90 Å². The molecule has 0 spiro atoms. The van der Waals surface area contributed by atoms with Crippen molar-refractivity contribution in [3.63, 3.8) is 0 Å². The predicted molar refractivity (Wildman–Crippen MR) is 73.7 cm³/mol. The van der Waals surface area contributed by atoms with Crippen molar-refractivity contribution in [2.24, 2.45) is 0 Å². The summed E-state index contributed by atoms with van der Waals surface area (Å²) in [4.78, 5) is 25.1. The van der Waals surface area contributed by atoms with E-state index in [4.69, 9.17) is 4.74 Å². The van der Waals surface area contributed by atoms with E-state index in [2.05, 4.69) is 0 Å². The van der Waals surface area contributed by atoms with Gasteiger partial charge in [0.05, 0.1) is 6.10 Å². The summed E-state index contributed by atoms with van der Waals surface area (Å²) in [5.74, 6) is -1.82. The molecule has 2 rings (SSSR count). The monoisotopic (exact) mass is 295 g/mol. The van der Waals surface area contributed by atoms with E-state index in [1.165, 1.54) is 24.1 Å². The Bertz CT molecular complexity index is 564. The van der Waals surface area contributed by atoms with E-state index >= 15 is 0 Å². The fraction of sp³-hybridized carbons (Fsp3) is 0.467. The van der Waals surface area contributed by atoms with Gasteiger partial charge in [-0.05, 0) is 37.1 Å². The minimum atomic E-state index is -1.06. The molecule has 0 bridgehead atoms. The number of likely N-dealkylation sites (tertiary alicyclic amines) is 1. The maximum Gasteiger partial charge on any atom is 0.326 e. The Morgan fingerprint density at radius 3 is 2.38 bits per heavy atom. The third-order valence-corrected chi connectivity index (χ3v) is 3.83. The smallest absolute Gasteiger partial charge is 0.326 e. The van der Waals surface area contributed by atoms with Crippen LogP contribution in [0.5, 0.6) is 0 Å². The number of methoxy groups -OCH3 is 1. The molecule has 0 radical (unpaired) electrons. The second-order valence-electron chi connectivity index (χ2n) is 5.33. The quantitative estimate of drug-likeness (QED) is 0.922. The maximum atomic E-state index is 13.6. The number of hydrogen-bond acceptors (Lipinski definition) is 3. The zero-order valence-electron chi connectivity index (χ0n) is 12.2. The van der Waals surface area contributed by atoms with Crippen LogP contribution in [-0.4, -0.2) is 47.7 Å². The molecule has 5 nitrogen and oxygen atoms in total. The third-order valence-electron chi connectivity index (χ3n) is 3.83. The van der Waals surface area contributed by atoms with Crippen molar-refractivity contribution in [2.75, 3.05) is 13.7 Å². The fourth-order valence-corrected chi connectivity index (χ4v) is 2.66. The van der Waals surface area contributed by atoms with Gasteiger partial charge in [0.25, 0.3) is 5.91 Å². The van der Waals surface area contributed by atoms with Crippen molar-refractivity contribution < 1.29 is 23.8 Å². The SMILES string of the molecule is COC1CC(C(=O)O)N(C(=O)c2cc(C)c(F)c(C)c2)C1. The van der Waals surface area contributed by atoms with Crippen molar-refractivity contribution >= 4 is 11.9 Å². The molecule has 1 aliphatic heterocycles. The molecule has 114 valence electrons. The number of amides is 1. The molecule has 0 aliphatic carbocycles. The van der Waals surface area contributed by atoms with Gasteiger partial charge in [-0.25, -0.2) is 9.18 Å². The number of ether oxygens (including phenoxy) is 1. The molecule has 0 saturated carbocycles. The molecule has 6 heteroatoms. The normalized spacial score (nSPS) is 21.6. The average Bonchev–Trinajstić information content (AvgIpc) is 2.87. The molecule has 21 heavy (non-hydrogen) atoms. The highest BCUT2D eigenvalue weighted by molar-refractivity contribution is 5.97. The Balaban J connectivity index is 2.32. The standard InChI is InChI=1S/C15H18FNO4/c1-8-4-10(5-9(2)13(8)16)14(18)17-7-11(21-3)6-12(17)15(19)20/h4-5,11-12H,6-7H2,1-3H3,(H,19,20). The number of carbonyl (C=O) groups is 2. The summed E-state index contributed by atoms with van der Waals surface area (Å²) in [5.41, 5.74) is 1.04. The number of carboxylic acid groups (broad SMARTS) is 1. The molecule has 1 saturated heterocycles. The molecule has 1 fully saturated rings. The zero-order chi connectivity index (χ0) is 15.7. The van der Waals surface area contributed by atoms with Crippen LogP contribution in [0.3, 0.4) is 0 Å². The molecule has 1 amide bonds. The largest absolute Gasteiger partial charge is 0.480 e. The summed E-state index contributed by atoms with van der Waals surface area (Å²) in [7, 11) is 1.49. The van der Waals surface area contributed by atoms with Gasteiger partial charge in [-0.2, -0.15) is 0 Å². The molecule has 0 aromatic heterocycles. The summed E-state index contributed by atoms with van der Waals surface area (Å²) in [6.07, 6.45) is -0.0332. The van der Waals surface area contributed by atoms with Gasteiger partial charge < -0.3 is 14.7 Å². The van der Waals surface area contributed by atoms with Crippen LogP contribution in [0.2, 0.25) is 0 Å². The van der Waals surface area contributed by atoms with Gasteiger partial charge >= 0.3 is 5.97 Å². The van der Waals surface area contributed by atoms with Gasteiger partial charge in [-0.15, -0.1) is 0 Å². The summed E-state index contributed by atoms with van der Waals surface area (Å²) < 4.78 is 18.8. The molecular weight excluding hydrogens is 277 g/mol. The Morgan fingerprint density at radius 2 is 1.90 bits per heavy atom. The lowest BCUT2D eigenvalue weighted by Crippen LogP contribution is -2.40. The minimum Gasteiger partial charge on any atom is -0.480 e. The number of carbonyl (C=O) groups excluding carboxylic acids is 1. The second kappa shape index (κ2) is 5.81. The summed E-state index contributed by atoms with van der Waals surface area (Å²) in [6, 6.07) is 1.99. The summed E-state index contributed by atoms with van der Waals surface area (Å²) >= 11 is 0. The molecule has 1 N–H and O–H groups in total. The summed E-state index contributed by atoms with van der Waals surface area (Å²) in [6.45, 7) is 3.38. The van der Waals surface area contributed by atoms with E-state index in [1.54, 1.807) is 13.8 Å². The van der Waals surface area contributed by atoms with Gasteiger partial charge in [0.2, 0.25) is 0 Å². The van der Waals surface area contributed by atoms with Crippen LogP contribution in [-0.2, 0) is 9.53 Å². The Hall–Kier alpha value is -1.95. The molecule has 1 heterocycles. The van der Waals surface area contributed by atoms with Crippen LogP contribution in [0.4, 0.5) is 4.39 Å². The highest BCUT2D eigenvalue weighted by Crippen LogP contribution is 2.24. The van der Waals surface area contributed by atoms with Crippen LogP contribution >= 0.6 is 0 Å². The number of aryl methyl sites for hydroxylation is 2. The van der Waals surface area contributed by atoms with Crippen LogP contribution in [0.15, 0.2) is 12.1 Å². The Morgan fingerprint density at radius 1 is 1.33 bits per heavy atom. The number of aliphatic carboxylic acids is 1. The van der Waals surface area contributed by atoms with Gasteiger partial charge in [0, 0.05) is 25.6 Å². The van der Waals surface area contributed by atoms with Crippen molar-refractivity contribution in [1.29, 1.82) is 0 Å². The van der Waals surface area contributed by atoms with Crippen molar-refractivity contribution in [3.8, 4) is 0 Å². The van der Waals surface area contributed by atoms with E-state index in [-0.39, 0.29) is 24.9 Å². The average molecular weight is 295 g/mol. The topological polar surface area (TPSA) is 66.8 Å². The number of halogens is 1. The Labute approximate surface area is 122 Å². The van der Waals surface area contributed by atoms with Crippen molar-refractivity contribution in [2.45, 2.75) is 32.4 Å². The number of benzene rings is 1.